The van der Waals surface area contributed by atoms with E-state index in [1.807, 2.05) is 0 Å². The number of carbonyl (C=O) groups is 1. The lowest BCUT2D eigenvalue weighted by Crippen LogP contribution is -2.46. The standard InChI is InChI=1S/C10H23NO7P2/c1-10(2,3)11-8(12)9(19(13,15-4)16-5)20(14,17-6)18-7/h9H,1-7H3,(H,11,12). The van der Waals surface area contributed by atoms with Gasteiger partial charge < -0.3 is 23.4 Å². The summed E-state index contributed by atoms with van der Waals surface area (Å²) in [6.07, 6.45) is 0. The quantitative estimate of drug-likeness (QED) is 0.714. The summed E-state index contributed by atoms with van der Waals surface area (Å²) in [6.45, 7) is 5.16. The average Bonchev–Trinajstić information content (AvgIpc) is 2.36. The Balaban J connectivity index is 5.79. The number of hydrogen-bond acceptors (Lipinski definition) is 7. The van der Waals surface area contributed by atoms with E-state index >= 15 is 0 Å². The van der Waals surface area contributed by atoms with Crippen molar-refractivity contribution in [2.45, 2.75) is 31.7 Å². The Labute approximate surface area is 119 Å². The lowest BCUT2D eigenvalue weighted by atomic mass is 10.1. The van der Waals surface area contributed by atoms with Crippen molar-refractivity contribution in [3.63, 3.8) is 0 Å². The largest absolute Gasteiger partial charge is 0.354 e. The van der Waals surface area contributed by atoms with Crippen LogP contribution >= 0.6 is 15.2 Å². The minimum Gasteiger partial charge on any atom is -0.350 e. The van der Waals surface area contributed by atoms with Crippen molar-refractivity contribution in [1.29, 1.82) is 0 Å². The normalized spacial score (nSPS) is 13.6. The van der Waals surface area contributed by atoms with Crippen LogP contribution in [0.4, 0.5) is 0 Å². The van der Waals surface area contributed by atoms with Crippen molar-refractivity contribution in [3.8, 4) is 0 Å². The molecule has 120 valence electrons. The molecule has 0 aliphatic rings. The third kappa shape index (κ3) is 4.65. The maximum absolute atomic E-state index is 12.5. The van der Waals surface area contributed by atoms with Crippen LogP contribution in [0.2, 0.25) is 0 Å². The monoisotopic (exact) mass is 331 g/mol. The smallest absolute Gasteiger partial charge is 0.350 e. The molecule has 0 bridgehead atoms. The van der Waals surface area contributed by atoms with Gasteiger partial charge in [-0.3, -0.25) is 13.9 Å². The molecule has 0 aromatic heterocycles. The molecular formula is C10H23NO7P2. The molecule has 1 amide bonds. The van der Waals surface area contributed by atoms with Gasteiger partial charge in [0.2, 0.25) is 11.3 Å². The van der Waals surface area contributed by atoms with Crippen LogP contribution in [-0.2, 0) is 32.0 Å². The van der Waals surface area contributed by atoms with Crippen molar-refractivity contribution in [3.05, 3.63) is 0 Å². The molecular weight excluding hydrogens is 308 g/mol. The first-order valence-electron chi connectivity index (χ1n) is 5.74. The fraction of sp³-hybridized carbons (Fsp3) is 0.900. The Morgan fingerprint density at radius 2 is 1.20 bits per heavy atom. The van der Waals surface area contributed by atoms with Gasteiger partial charge in [-0.2, -0.15) is 0 Å². The second-order valence-electron chi connectivity index (χ2n) is 4.92. The van der Waals surface area contributed by atoms with Gasteiger partial charge in [-0.25, -0.2) is 0 Å². The highest BCUT2D eigenvalue weighted by Crippen LogP contribution is 2.69. The van der Waals surface area contributed by atoms with Crippen LogP contribution < -0.4 is 5.32 Å². The van der Waals surface area contributed by atoms with Gasteiger partial charge in [0.25, 0.3) is 0 Å². The number of hydrogen-bond donors (Lipinski definition) is 1. The third-order valence-electron chi connectivity index (χ3n) is 2.35. The van der Waals surface area contributed by atoms with Crippen LogP contribution in [0.15, 0.2) is 0 Å². The molecule has 8 nitrogen and oxygen atoms in total. The topological polar surface area (TPSA) is 100 Å². The van der Waals surface area contributed by atoms with E-state index in [1.54, 1.807) is 20.8 Å². The molecule has 0 saturated carbocycles. The number of rotatable bonds is 7. The zero-order valence-electron chi connectivity index (χ0n) is 12.8. The van der Waals surface area contributed by atoms with Crippen LogP contribution in [0, 0.1) is 0 Å². The van der Waals surface area contributed by atoms with Crippen molar-refractivity contribution in [2.75, 3.05) is 28.4 Å². The van der Waals surface area contributed by atoms with Gasteiger partial charge in [-0.05, 0) is 20.8 Å². The summed E-state index contributed by atoms with van der Waals surface area (Å²) in [5.41, 5.74) is -0.631. The highest BCUT2D eigenvalue weighted by molar-refractivity contribution is 7.74. The van der Waals surface area contributed by atoms with E-state index < -0.39 is 32.0 Å². The number of carbonyl (C=O) groups excluding carboxylic acids is 1. The molecule has 0 radical (unpaired) electrons. The van der Waals surface area contributed by atoms with Crippen LogP contribution in [0.3, 0.4) is 0 Å². The second-order valence-corrected chi connectivity index (χ2v) is 9.98. The fourth-order valence-corrected chi connectivity index (χ4v) is 5.76. The summed E-state index contributed by atoms with van der Waals surface area (Å²) in [7, 11) is -3.65. The minimum absolute atomic E-state index is 0.631. The SMILES string of the molecule is COP(=O)(OC)C(C(=O)NC(C)(C)C)P(=O)(OC)OC. The number of amides is 1. The first-order valence-corrected chi connectivity index (χ1v) is 8.96. The molecule has 0 fully saturated rings. The van der Waals surface area contributed by atoms with Gasteiger partial charge >= 0.3 is 15.2 Å². The van der Waals surface area contributed by atoms with E-state index in [1.165, 1.54) is 0 Å². The van der Waals surface area contributed by atoms with Gasteiger partial charge in [0.15, 0.2) is 0 Å². The summed E-state index contributed by atoms with van der Waals surface area (Å²) in [6, 6.07) is 0. The summed E-state index contributed by atoms with van der Waals surface area (Å²) >= 11 is 0. The molecule has 0 aromatic carbocycles. The average molecular weight is 331 g/mol. The van der Waals surface area contributed by atoms with Gasteiger partial charge in [0.05, 0.1) is 0 Å². The Morgan fingerprint density at radius 3 is 1.40 bits per heavy atom. The first kappa shape index (κ1) is 19.8. The molecule has 1 N–H and O–H groups in total. The zero-order chi connectivity index (χ0) is 16.2. The van der Waals surface area contributed by atoms with E-state index in [0.29, 0.717) is 0 Å². The molecule has 0 atom stereocenters. The first-order chi connectivity index (χ1) is 8.99. The molecule has 0 heterocycles. The van der Waals surface area contributed by atoms with E-state index in [-0.39, 0.29) is 0 Å². The molecule has 0 aliphatic heterocycles. The molecule has 0 saturated heterocycles. The molecule has 0 rings (SSSR count). The van der Waals surface area contributed by atoms with E-state index in [0.717, 1.165) is 28.4 Å². The molecule has 0 aromatic rings. The molecule has 0 unspecified atom stereocenters. The molecule has 0 spiro atoms. The van der Waals surface area contributed by atoms with Gasteiger partial charge in [-0.15, -0.1) is 0 Å². The Kier molecular flexibility index (Phi) is 7.08. The van der Waals surface area contributed by atoms with E-state index in [2.05, 4.69) is 5.32 Å². The summed E-state index contributed by atoms with van der Waals surface area (Å²) in [5.74, 6) is -0.795. The van der Waals surface area contributed by atoms with Crippen molar-refractivity contribution >= 4 is 21.1 Å². The minimum atomic E-state index is -4.01. The summed E-state index contributed by atoms with van der Waals surface area (Å²) < 4.78 is 44.1. The van der Waals surface area contributed by atoms with Crippen molar-refractivity contribution in [2.24, 2.45) is 0 Å². The lowest BCUT2D eigenvalue weighted by molar-refractivity contribution is -0.121. The Hall–Kier alpha value is -0.230. The molecule has 0 aliphatic carbocycles. The Bertz CT molecular complexity index is 390. The number of nitrogens with one attached hydrogen (secondary N) is 1. The van der Waals surface area contributed by atoms with Gasteiger partial charge in [0.1, 0.15) is 0 Å². The molecule has 20 heavy (non-hydrogen) atoms. The van der Waals surface area contributed by atoms with E-state index in [4.69, 9.17) is 18.1 Å². The zero-order valence-corrected chi connectivity index (χ0v) is 14.6. The van der Waals surface area contributed by atoms with Crippen LogP contribution in [0.1, 0.15) is 20.8 Å². The predicted octanol–water partition coefficient (Wildman–Crippen LogP) is 2.20. The van der Waals surface area contributed by atoms with Crippen LogP contribution in [0.25, 0.3) is 0 Å². The fourth-order valence-electron chi connectivity index (χ4n) is 1.44. The highest BCUT2D eigenvalue weighted by Gasteiger charge is 2.54. The second kappa shape index (κ2) is 7.16. The Morgan fingerprint density at radius 1 is 0.900 bits per heavy atom. The maximum Gasteiger partial charge on any atom is 0.354 e. The summed E-state index contributed by atoms with van der Waals surface area (Å²) in [4.78, 5) is 12.3. The van der Waals surface area contributed by atoms with Crippen molar-refractivity contribution < 1.29 is 32.0 Å². The predicted molar refractivity (Wildman–Crippen MR) is 74.9 cm³/mol. The van der Waals surface area contributed by atoms with E-state index in [9.17, 15) is 13.9 Å². The van der Waals surface area contributed by atoms with Crippen LogP contribution in [0.5, 0.6) is 0 Å². The molecule has 10 heteroatoms. The highest BCUT2D eigenvalue weighted by atomic mass is 31.2. The van der Waals surface area contributed by atoms with Crippen molar-refractivity contribution in [1.82, 2.24) is 5.32 Å². The lowest BCUT2D eigenvalue weighted by Gasteiger charge is -2.30. The summed E-state index contributed by atoms with van der Waals surface area (Å²) in [5, 5.41) is 0.855. The van der Waals surface area contributed by atoms with Gasteiger partial charge in [-0.1, -0.05) is 0 Å². The maximum atomic E-state index is 12.5. The third-order valence-corrected chi connectivity index (χ3v) is 7.75. The van der Waals surface area contributed by atoms with Crippen LogP contribution in [-0.4, -0.2) is 45.3 Å². The van der Waals surface area contributed by atoms with Gasteiger partial charge in [0, 0.05) is 34.0 Å².